The van der Waals surface area contributed by atoms with Crippen molar-refractivity contribution in [3.63, 3.8) is 0 Å². The molecule has 1 rings (SSSR count). The molecule has 2 amide bonds. The first-order valence-electron chi connectivity index (χ1n) is 5.41. The SMILES string of the molecule is C[C@H](NC(=O)CCC1CCCN1)C(N)=O. The molecule has 0 aromatic carbocycles. The molecule has 0 bridgehead atoms. The minimum Gasteiger partial charge on any atom is -0.368 e. The number of rotatable bonds is 5. The molecule has 1 fully saturated rings. The van der Waals surface area contributed by atoms with Crippen LogP contribution in [0.15, 0.2) is 0 Å². The van der Waals surface area contributed by atoms with Gasteiger partial charge in [0, 0.05) is 12.5 Å². The van der Waals surface area contributed by atoms with E-state index < -0.39 is 11.9 Å². The highest BCUT2D eigenvalue weighted by atomic mass is 16.2. The molecular formula is C10H19N3O2. The minimum atomic E-state index is -0.575. The lowest BCUT2D eigenvalue weighted by molar-refractivity contribution is -0.127. The normalized spacial score (nSPS) is 22.3. The molecule has 5 heteroatoms. The number of hydrogen-bond donors (Lipinski definition) is 3. The molecule has 4 N–H and O–H groups in total. The first kappa shape index (κ1) is 12.0. The van der Waals surface area contributed by atoms with Gasteiger partial charge in [-0.2, -0.15) is 0 Å². The van der Waals surface area contributed by atoms with E-state index in [-0.39, 0.29) is 5.91 Å². The van der Waals surface area contributed by atoms with E-state index in [4.69, 9.17) is 5.73 Å². The Hall–Kier alpha value is -1.10. The first-order valence-corrected chi connectivity index (χ1v) is 5.41. The number of carbonyl (C=O) groups excluding carboxylic acids is 2. The number of hydrogen-bond acceptors (Lipinski definition) is 3. The Morgan fingerprint density at radius 2 is 2.33 bits per heavy atom. The Labute approximate surface area is 89.8 Å². The lowest BCUT2D eigenvalue weighted by Crippen LogP contribution is -2.42. The molecule has 86 valence electrons. The van der Waals surface area contributed by atoms with Crippen molar-refractivity contribution in [1.29, 1.82) is 0 Å². The summed E-state index contributed by atoms with van der Waals surface area (Å²) in [5, 5.41) is 5.88. The molecular weight excluding hydrogens is 194 g/mol. The quantitative estimate of drug-likeness (QED) is 0.576. The molecule has 0 radical (unpaired) electrons. The summed E-state index contributed by atoms with van der Waals surface area (Å²) < 4.78 is 0. The molecule has 2 atom stereocenters. The van der Waals surface area contributed by atoms with Gasteiger partial charge in [0.15, 0.2) is 0 Å². The van der Waals surface area contributed by atoms with Crippen molar-refractivity contribution in [2.24, 2.45) is 5.73 Å². The number of nitrogens with one attached hydrogen (secondary N) is 2. The summed E-state index contributed by atoms with van der Waals surface area (Å²) in [6.07, 6.45) is 3.61. The van der Waals surface area contributed by atoms with Gasteiger partial charge in [0.25, 0.3) is 0 Å². The summed E-state index contributed by atoms with van der Waals surface area (Å²) in [6.45, 7) is 2.64. The number of primary amides is 1. The summed E-state index contributed by atoms with van der Waals surface area (Å²) in [4.78, 5) is 22.1. The van der Waals surface area contributed by atoms with E-state index in [2.05, 4.69) is 10.6 Å². The molecule has 0 aromatic rings. The van der Waals surface area contributed by atoms with Gasteiger partial charge in [0.05, 0.1) is 0 Å². The van der Waals surface area contributed by atoms with E-state index in [9.17, 15) is 9.59 Å². The van der Waals surface area contributed by atoms with Crippen LogP contribution < -0.4 is 16.4 Å². The first-order chi connectivity index (χ1) is 7.09. The van der Waals surface area contributed by atoms with Crippen molar-refractivity contribution in [2.75, 3.05) is 6.54 Å². The maximum Gasteiger partial charge on any atom is 0.239 e. The van der Waals surface area contributed by atoms with E-state index in [0.29, 0.717) is 12.5 Å². The molecule has 0 spiro atoms. The number of carbonyl (C=O) groups is 2. The van der Waals surface area contributed by atoms with E-state index in [1.54, 1.807) is 6.92 Å². The standard InChI is InChI=1S/C10H19N3O2/c1-7(10(11)15)13-9(14)5-4-8-3-2-6-12-8/h7-8,12H,2-6H2,1H3,(H2,11,15)(H,13,14)/t7-,8?/m0/s1. The molecule has 5 nitrogen and oxygen atoms in total. The van der Waals surface area contributed by atoms with Crippen molar-refractivity contribution in [2.45, 2.75) is 44.7 Å². The van der Waals surface area contributed by atoms with Crippen LogP contribution in [-0.2, 0) is 9.59 Å². The Kier molecular flexibility index (Phi) is 4.55. The minimum absolute atomic E-state index is 0.102. The maximum absolute atomic E-state index is 11.4. The van der Waals surface area contributed by atoms with E-state index in [0.717, 1.165) is 19.4 Å². The van der Waals surface area contributed by atoms with Crippen molar-refractivity contribution in [1.82, 2.24) is 10.6 Å². The van der Waals surface area contributed by atoms with Gasteiger partial charge in [-0.3, -0.25) is 9.59 Å². The summed E-state index contributed by atoms with van der Waals surface area (Å²) in [5.74, 6) is -0.600. The monoisotopic (exact) mass is 213 g/mol. The summed E-state index contributed by atoms with van der Waals surface area (Å²) in [5.41, 5.74) is 5.04. The molecule has 1 unspecified atom stereocenters. The van der Waals surface area contributed by atoms with Gasteiger partial charge in [-0.25, -0.2) is 0 Å². The Morgan fingerprint density at radius 1 is 1.60 bits per heavy atom. The third kappa shape index (κ3) is 4.29. The van der Waals surface area contributed by atoms with E-state index in [1.807, 2.05) is 0 Å². The van der Waals surface area contributed by atoms with Gasteiger partial charge >= 0.3 is 0 Å². The summed E-state index contributed by atoms with van der Waals surface area (Å²) >= 11 is 0. The molecule has 1 saturated heterocycles. The lowest BCUT2D eigenvalue weighted by atomic mass is 10.1. The van der Waals surface area contributed by atoms with Crippen LogP contribution in [-0.4, -0.2) is 30.4 Å². The van der Waals surface area contributed by atoms with Crippen molar-refractivity contribution in [3.05, 3.63) is 0 Å². The smallest absolute Gasteiger partial charge is 0.239 e. The zero-order chi connectivity index (χ0) is 11.3. The largest absolute Gasteiger partial charge is 0.368 e. The molecule has 1 heterocycles. The van der Waals surface area contributed by atoms with Gasteiger partial charge in [0.1, 0.15) is 6.04 Å². The topological polar surface area (TPSA) is 84.2 Å². The third-order valence-electron chi connectivity index (χ3n) is 2.69. The van der Waals surface area contributed by atoms with Crippen LogP contribution in [0.3, 0.4) is 0 Å². The summed E-state index contributed by atoms with van der Waals surface area (Å²) in [7, 11) is 0. The number of nitrogens with two attached hydrogens (primary N) is 1. The van der Waals surface area contributed by atoms with Gasteiger partial charge in [-0.1, -0.05) is 0 Å². The highest BCUT2D eigenvalue weighted by molar-refractivity contribution is 5.86. The van der Waals surface area contributed by atoms with Crippen molar-refractivity contribution < 1.29 is 9.59 Å². The lowest BCUT2D eigenvalue weighted by Gasteiger charge is -2.12. The maximum atomic E-state index is 11.4. The molecule has 15 heavy (non-hydrogen) atoms. The van der Waals surface area contributed by atoms with E-state index >= 15 is 0 Å². The van der Waals surface area contributed by atoms with Gasteiger partial charge in [-0.05, 0) is 32.7 Å². The van der Waals surface area contributed by atoms with Crippen LogP contribution in [0.2, 0.25) is 0 Å². The van der Waals surface area contributed by atoms with Crippen LogP contribution in [0.25, 0.3) is 0 Å². The summed E-state index contributed by atoms with van der Waals surface area (Å²) in [6, 6.07) is -0.117. The highest BCUT2D eigenvalue weighted by Gasteiger charge is 2.17. The fraction of sp³-hybridized carbons (Fsp3) is 0.800. The van der Waals surface area contributed by atoms with Crippen molar-refractivity contribution >= 4 is 11.8 Å². The van der Waals surface area contributed by atoms with Crippen LogP contribution in [0, 0.1) is 0 Å². The predicted octanol–water partition coefficient (Wildman–Crippen LogP) is -0.491. The fourth-order valence-electron chi connectivity index (χ4n) is 1.69. The second-order valence-corrected chi connectivity index (χ2v) is 4.02. The highest BCUT2D eigenvalue weighted by Crippen LogP contribution is 2.10. The average molecular weight is 213 g/mol. The predicted molar refractivity (Wildman–Crippen MR) is 57.1 cm³/mol. The second kappa shape index (κ2) is 5.70. The molecule has 0 saturated carbocycles. The average Bonchev–Trinajstić information content (AvgIpc) is 2.66. The number of amides is 2. The molecule has 0 aromatic heterocycles. The Bertz CT molecular complexity index is 237. The zero-order valence-electron chi connectivity index (χ0n) is 9.08. The van der Waals surface area contributed by atoms with Crippen LogP contribution >= 0.6 is 0 Å². The second-order valence-electron chi connectivity index (χ2n) is 4.02. The molecule has 0 aliphatic carbocycles. The Morgan fingerprint density at radius 3 is 2.87 bits per heavy atom. The van der Waals surface area contributed by atoms with Crippen molar-refractivity contribution in [3.8, 4) is 0 Å². The van der Waals surface area contributed by atoms with E-state index in [1.165, 1.54) is 6.42 Å². The van der Waals surface area contributed by atoms with Gasteiger partial charge in [-0.15, -0.1) is 0 Å². The Balaban J connectivity index is 2.15. The third-order valence-corrected chi connectivity index (χ3v) is 2.69. The molecule has 1 aliphatic heterocycles. The molecule has 1 aliphatic rings. The van der Waals surface area contributed by atoms with Crippen LogP contribution in [0.1, 0.15) is 32.6 Å². The van der Waals surface area contributed by atoms with Gasteiger partial charge < -0.3 is 16.4 Å². The van der Waals surface area contributed by atoms with Crippen LogP contribution in [0.4, 0.5) is 0 Å². The van der Waals surface area contributed by atoms with Crippen LogP contribution in [0.5, 0.6) is 0 Å². The zero-order valence-corrected chi connectivity index (χ0v) is 9.08. The fourth-order valence-corrected chi connectivity index (χ4v) is 1.69. The van der Waals surface area contributed by atoms with Gasteiger partial charge in [0.2, 0.25) is 11.8 Å².